The Bertz CT molecular complexity index is 1290. The fraction of sp³-hybridized carbons (Fsp3) is 0.450. The van der Waals surface area contributed by atoms with Gasteiger partial charge in [-0.2, -0.15) is 4.80 Å². The summed E-state index contributed by atoms with van der Waals surface area (Å²) in [7, 11) is 0. The number of carboxylic acids is 1. The van der Waals surface area contributed by atoms with Crippen molar-refractivity contribution in [1.82, 2.24) is 25.2 Å². The molecule has 0 amide bonds. The molecule has 0 bridgehead atoms. The number of thiazole rings is 1. The molecule has 0 aliphatic carbocycles. The molecule has 0 radical (unpaired) electrons. The number of alkyl halides is 3. The molecule has 2 aromatic heterocycles. The average Bonchev–Trinajstić information content (AvgIpc) is 3.49. The summed E-state index contributed by atoms with van der Waals surface area (Å²) in [5.41, 5.74) is -0.0760. The first-order chi connectivity index (χ1) is 17.0. The number of tetrazole rings is 1. The van der Waals surface area contributed by atoms with Gasteiger partial charge in [0.05, 0.1) is 13.8 Å². The van der Waals surface area contributed by atoms with E-state index in [0.29, 0.717) is 64.9 Å². The van der Waals surface area contributed by atoms with Crippen LogP contribution in [0, 0.1) is 0 Å². The molecule has 3 aromatic rings. The highest BCUT2D eigenvalue weighted by Crippen LogP contribution is 2.44. The van der Waals surface area contributed by atoms with E-state index in [9.17, 15) is 18.0 Å². The summed E-state index contributed by atoms with van der Waals surface area (Å²) in [6.45, 7) is -1.64. The lowest BCUT2D eigenvalue weighted by Crippen LogP contribution is -2.49. The van der Waals surface area contributed by atoms with Gasteiger partial charge in [0.15, 0.2) is 11.6 Å². The monoisotopic (exact) mass is 498 g/mol. The van der Waals surface area contributed by atoms with Crippen LogP contribution in [0.15, 0.2) is 24.4 Å². The topological polar surface area (TPSA) is 115 Å². The van der Waals surface area contributed by atoms with Crippen molar-refractivity contribution in [2.45, 2.75) is 44.1 Å². The fourth-order valence-electron chi connectivity index (χ4n) is 4.16. The minimum Gasteiger partial charge on any atom is -0.487 e. The lowest BCUT2D eigenvalue weighted by atomic mass is 9.83. The molecule has 1 aromatic carbocycles. The van der Waals surface area contributed by atoms with Gasteiger partial charge in [0.25, 0.3) is 0 Å². The number of ether oxygens (including phenoxy) is 2. The summed E-state index contributed by atoms with van der Waals surface area (Å²) in [6, 6.07) is 4.43. The Balaban J connectivity index is 1.25. The van der Waals surface area contributed by atoms with Crippen molar-refractivity contribution in [3.8, 4) is 22.2 Å². The van der Waals surface area contributed by atoms with Gasteiger partial charge in [-0.1, -0.05) is 17.4 Å². The highest BCUT2D eigenvalue weighted by atomic mass is 32.1. The van der Waals surface area contributed by atoms with Gasteiger partial charge >= 0.3 is 12.3 Å². The van der Waals surface area contributed by atoms with Crippen molar-refractivity contribution in [2.75, 3.05) is 18.0 Å². The number of hydrogen-bond acceptors (Lipinski definition) is 9. The molecular formula is C20H19F3N6O4S. The van der Waals surface area contributed by atoms with Gasteiger partial charge in [-0.05, 0) is 30.2 Å². The van der Waals surface area contributed by atoms with Gasteiger partial charge in [-0.25, -0.2) is 4.98 Å². The van der Waals surface area contributed by atoms with Crippen molar-refractivity contribution >= 4 is 22.4 Å². The number of halogens is 3. The number of piperidine rings is 1. The van der Waals surface area contributed by atoms with E-state index < -0.39 is 24.4 Å². The Hall–Kier alpha value is -3.42. The number of rotatable bonds is 5. The summed E-state index contributed by atoms with van der Waals surface area (Å²) in [4.78, 5) is 18.4. The molecule has 1 saturated heterocycles. The molecule has 5 rings (SSSR count). The highest BCUT2D eigenvalue weighted by molar-refractivity contribution is 7.18. The van der Waals surface area contributed by atoms with Gasteiger partial charge in [0, 0.05) is 31.5 Å². The third-order valence-electron chi connectivity index (χ3n) is 5.74. The maximum Gasteiger partial charge on any atom is 0.573 e. The number of hydrogen-bond donors (Lipinski definition) is 1. The summed E-state index contributed by atoms with van der Waals surface area (Å²) >= 11 is 1.26. The maximum atomic E-state index is 12.7. The van der Waals surface area contributed by atoms with Crippen LogP contribution in [0.4, 0.5) is 18.3 Å². The van der Waals surface area contributed by atoms with E-state index in [1.807, 2.05) is 4.90 Å². The van der Waals surface area contributed by atoms with Crippen LogP contribution < -0.4 is 14.4 Å². The molecule has 0 atom stereocenters. The Labute approximate surface area is 197 Å². The molecule has 1 fully saturated rings. The molecule has 180 valence electrons. The lowest BCUT2D eigenvalue weighted by molar-refractivity contribution is -0.275. The van der Waals surface area contributed by atoms with E-state index in [0.717, 1.165) is 0 Å². The van der Waals surface area contributed by atoms with E-state index >= 15 is 0 Å². The van der Waals surface area contributed by atoms with Gasteiger partial charge in [-0.15, -0.1) is 23.4 Å². The molecule has 2 aliphatic rings. The van der Waals surface area contributed by atoms with Crippen molar-refractivity contribution in [2.24, 2.45) is 0 Å². The molecular weight excluding hydrogens is 477 g/mol. The Morgan fingerprint density at radius 2 is 2.12 bits per heavy atom. The molecule has 10 nitrogen and oxygen atoms in total. The number of anilines is 1. The lowest BCUT2D eigenvalue weighted by Gasteiger charge is -2.44. The van der Waals surface area contributed by atoms with Crippen LogP contribution in [-0.2, 0) is 17.7 Å². The van der Waals surface area contributed by atoms with E-state index in [1.165, 1.54) is 29.7 Å². The third-order valence-corrected chi connectivity index (χ3v) is 6.80. The van der Waals surface area contributed by atoms with Crippen LogP contribution in [-0.4, -0.2) is 61.3 Å². The number of carboxylic acid groups (broad SMARTS) is 1. The highest BCUT2D eigenvalue weighted by Gasteiger charge is 2.42. The summed E-state index contributed by atoms with van der Waals surface area (Å²) < 4.78 is 63.6. The third kappa shape index (κ3) is 4.62. The second-order valence-electron chi connectivity index (χ2n) is 7.88. The van der Waals surface area contributed by atoms with Crippen molar-refractivity contribution in [3.05, 3.63) is 30.0 Å². The summed E-state index contributed by atoms with van der Waals surface area (Å²) in [6.07, 6.45) is -1.01. The minimum absolute atomic E-state index is 0.0569. The van der Waals surface area contributed by atoms with Gasteiger partial charge in [0.1, 0.15) is 17.1 Å². The van der Waals surface area contributed by atoms with Crippen LogP contribution in [0.25, 0.3) is 10.7 Å². The smallest absolute Gasteiger partial charge is 0.487 e. The number of aliphatic carboxylic acids is 1. The Kier molecular flexibility index (Phi) is 4.95. The molecule has 4 heterocycles. The summed E-state index contributed by atoms with van der Waals surface area (Å²) in [5, 5.41) is 20.7. The number of aromatic nitrogens is 5. The molecule has 2 aliphatic heterocycles. The SMILES string of the molecule is [2H]C([2H])(C(=O)O)n1nnc(-c2cnc(N3CCC4(CCc5c(OC(F)(F)F)cccc5O4)CC3)s2)n1. The fourth-order valence-corrected chi connectivity index (χ4v) is 5.06. The predicted octanol–water partition coefficient (Wildman–Crippen LogP) is 3.14. The number of benzene rings is 1. The standard InChI is InChI=1S/C20H19F3N6O4S/c21-20(22,23)33-14-3-1-2-13-12(14)4-5-19(32-13)6-8-28(9-7-19)18-24-10-15(34-18)17-25-27-29(26-17)11-16(30)31/h1-3,10H,4-9,11H2,(H,30,31)/i11D2. The van der Waals surface area contributed by atoms with Crippen molar-refractivity contribution < 1.29 is 35.3 Å². The maximum absolute atomic E-state index is 12.7. The predicted molar refractivity (Wildman–Crippen MR) is 113 cm³/mol. The molecule has 1 spiro atoms. The molecule has 1 N–H and O–H groups in total. The molecule has 34 heavy (non-hydrogen) atoms. The Morgan fingerprint density at radius 3 is 2.85 bits per heavy atom. The zero-order valence-electron chi connectivity index (χ0n) is 19.4. The average molecular weight is 498 g/mol. The van der Waals surface area contributed by atoms with E-state index in [-0.39, 0.29) is 11.6 Å². The summed E-state index contributed by atoms with van der Waals surface area (Å²) in [5.74, 6) is -1.51. The van der Waals surface area contributed by atoms with Gasteiger partial charge in [-0.3, -0.25) is 4.79 Å². The zero-order chi connectivity index (χ0) is 25.7. The van der Waals surface area contributed by atoms with Crippen LogP contribution in [0.2, 0.25) is 0 Å². The minimum atomic E-state index is -4.77. The van der Waals surface area contributed by atoms with Crippen LogP contribution in [0.3, 0.4) is 0 Å². The Morgan fingerprint density at radius 1 is 1.32 bits per heavy atom. The molecule has 14 heteroatoms. The van der Waals surface area contributed by atoms with Crippen molar-refractivity contribution in [3.63, 3.8) is 0 Å². The molecule has 0 saturated carbocycles. The van der Waals surface area contributed by atoms with Crippen molar-refractivity contribution in [1.29, 1.82) is 0 Å². The largest absolute Gasteiger partial charge is 0.573 e. The second kappa shape index (κ2) is 8.42. The van der Waals surface area contributed by atoms with Crippen LogP contribution >= 0.6 is 11.3 Å². The quantitative estimate of drug-likeness (QED) is 0.566. The number of carbonyl (C=O) groups is 1. The van der Waals surface area contributed by atoms with E-state index in [2.05, 4.69) is 25.1 Å². The molecule has 0 unspecified atom stereocenters. The number of fused-ring (bicyclic) bond motifs is 1. The first kappa shape index (κ1) is 20.0. The normalized spacial score (nSPS) is 18.6. The van der Waals surface area contributed by atoms with Gasteiger partial charge in [0.2, 0.25) is 5.82 Å². The number of nitrogens with zero attached hydrogens (tertiary/aromatic N) is 6. The first-order valence-corrected chi connectivity index (χ1v) is 11.1. The van der Waals surface area contributed by atoms with Crippen LogP contribution in [0.5, 0.6) is 11.5 Å². The van der Waals surface area contributed by atoms with Gasteiger partial charge < -0.3 is 19.5 Å². The van der Waals surface area contributed by atoms with E-state index in [4.69, 9.17) is 12.6 Å². The van der Waals surface area contributed by atoms with E-state index in [1.54, 1.807) is 6.07 Å². The second-order valence-corrected chi connectivity index (χ2v) is 8.89. The van der Waals surface area contributed by atoms with Crippen LogP contribution in [0.1, 0.15) is 27.6 Å². The zero-order valence-corrected chi connectivity index (χ0v) is 18.3. The first-order valence-electron chi connectivity index (χ1n) is 11.3.